The fraction of sp³-hybridized carbons (Fsp3) is 0. The van der Waals surface area contributed by atoms with Gasteiger partial charge in [0.25, 0.3) is 0 Å². The number of hydrogen-bond acceptors (Lipinski definition) is 1. The Morgan fingerprint density at radius 3 is 2.58 bits per heavy atom. The first kappa shape index (κ1) is 10.2. The minimum absolute atomic E-state index is 0.701. The van der Waals surface area contributed by atoms with Gasteiger partial charge in [0.1, 0.15) is 0 Å². The second-order valence-electron chi connectivity index (χ2n) is 4.74. The molecule has 88 valence electrons. The summed E-state index contributed by atoms with van der Waals surface area (Å²) in [4.78, 5) is 3.43. The zero-order valence-corrected chi connectivity index (χ0v) is 10.1. The van der Waals surface area contributed by atoms with Crippen LogP contribution in [0.2, 0.25) is 0 Å². The molecule has 0 aliphatic heterocycles. The lowest BCUT2D eigenvalue weighted by molar-refractivity contribution is 1.50. The summed E-state index contributed by atoms with van der Waals surface area (Å²) in [5, 5.41) is 13.7. The van der Waals surface area contributed by atoms with Gasteiger partial charge >= 0.3 is 0 Å². The molecule has 0 aliphatic rings. The highest BCUT2D eigenvalue weighted by Gasteiger charge is 2.05. The van der Waals surface area contributed by atoms with Crippen LogP contribution in [0, 0.1) is 11.3 Å². The largest absolute Gasteiger partial charge is 0.354 e. The zero-order chi connectivity index (χ0) is 12.8. The van der Waals surface area contributed by atoms with Gasteiger partial charge in [-0.3, -0.25) is 0 Å². The van der Waals surface area contributed by atoms with E-state index in [1.54, 1.807) is 0 Å². The van der Waals surface area contributed by atoms with Crippen LogP contribution in [0.5, 0.6) is 0 Å². The highest BCUT2D eigenvalue weighted by Crippen LogP contribution is 2.29. The smallest absolute Gasteiger partial charge is 0.0991 e. The summed E-state index contributed by atoms with van der Waals surface area (Å²) in [5.74, 6) is 0. The monoisotopic (exact) mass is 242 g/mol. The first-order valence-electron chi connectivity index (χ1n) is 6.19. The van der Waals surface area contributed by atoms with Crippen molar-refractivity contribution < 1.29 is 0 Å². The summed E-state index contributed by atoms with van der Waals surface area (Å²) >= 11 is 0. The average molecular weight is 242 g/mol. The number of benzene rings is 3. The molecule has 0 amide bonds. The summed E-state index contributed by atoms with van der Waals surface area (Å²) in [6, 6.07) is 20.6. The molecule has 0 bridgehead atoms. The van der Waals surface area contributed by atoms with E-state index in [4.69, 9.17) is 5.26 Å². The molecule has 4 aromatic rings. The lowest BCUT2D eigenvalue weighted by Gasteiger charge is -1.99. The van der Waals surface area contributed by atoms with Crippen molar-refractivity contribution in [1.29, 1.82) is 5.26 Å². The molecule has 0 aliphatic carbocycles. The van der Waals surface area contributed by atoms with Crippen LogP contribution < -0.4 is 0 Å². The number of nitrogens with zero attached hydrogens (tertiary/aromatic N) is 1. The Balaban J connectivity index is 2.19. The minimum Gasteiger partial charge on any atom is -0.354 e. The van der Waals surface area contributed by atoms with Gasteiger partial charge in [0.05, 0.1) is 11.6 Å². The highest BCUT2D eigenvalue weighted by atomic mass is 14.7. The minimum atomic E-state index is 0.701. The molecule has 2 heteroatoms. The molecule has 2 nitrogen and oxygen atoms in total. The molecule has 4 rings (SSSR count). The number of fused-ring (bicyclic) bond motifs is 4. The molecule has 0 saturated heterocycles. The van der Waals surface area contributed by atoms with E-state index in [9.17, 15) is 0 Å². The molecule has 0 saturated carbocycles. The Bertz CT molecular complexity index is 971. The first-order valence-corrected chi connectivity index (χ1v) is 6.19. The Labute approximate surface area is 109 Å². The Kier molecular flexibility index (Phi) is 1.93. The second kappa shape index (κ2) is 3.60. The number of rotatable bonds is 0. The van der Waals surface area contributed by atoms with Crippen LogP contribution >= 0.6 is 0 Å². The van der Waals surface area contributed by atoms with Gasteiger partial charge in [0.2, 0.25) is 0 Å². The standard InChI is InChI=1S/C17H10N2/c18-10-11-5-6-12-9-17-15(8-13(12)7-11)14-3-1-2-4-16(14)19-17/h1-9,19H. The van der Waals surface area contributed by atoms with Gasteiger partial charge in [-0.1, -0.05) is 24.3 Å². The molecule has 0 spiro atoms. The van der Waals surface area contributed by atoms with Crippen LogP contribution in [0.4, 0.5) is 0 Å². The average Bonchev–Trinajstić information content (AvgIpc) is 2.82. The van der Waals surface area contributed by atoms with Crippen LogP contribution in [0.25, 0.3) is 32.6 Å². The van der Waals surface area contributed by atoms with Gasteiger partial charge in [0, 0.05) is 21.8 Å². The quantitative estimate of drug-likeness (QED) is 0.489. The fourth-order valence-corrected chi connectivity index (χ4v) is 2.67. The molecule has 0 fully saturated rings. The first-order chi connectivity index (χ1) is 9.35. The maximum Gasteiger partial charge on any atom is 0.0991 e. The third kappa shape index (κ3) is 1.42. The van der Waals surface area contributed by atoms with Crippen molar-refractivity contribution in [3.63, 3.8) is 0 Å². The van der Waals surface area contributed by atoms with Gasteiger partial charge in [0.15, 0.2) is 0 Å². The molecule has 0 atom stereocenters. The van der Waals surface area contributed by atoms with E-state index in [0.717, 1.165) is 21.8 Å². The van der Waals surface area contributed by atoms with Crippen molar-refractivity contribution in [3.05, 3.63) is 60.2 Å². The van der Waals surface area contributed by atoms with Gasteiger partial charge < -0.3 is 4.98 Å². The lowest BCUT2D eigenvalue weighted by atomic mass is 10.0. The van der Waals surface area contributed by atoms with Crippen molar-refractivity contribution in [1.82, 2.24) is 4.98 Å². The summed E-state index contributed by atoms with van der Waals surface area (Å²) in [7, 11) is 0. The Morgan fingerprint density at radius 2 is 1.68 bits per heavy atom. The maximum atomic E-state index is 8.99. The van der Waals surface area contributed by atoms with Crippen LogP contribution in [-0.2, 0) is 0 Å². The van der Waals surface area contributed by atoms with E-state index < -0.39 is 0 Å². The predicted molar refractivity (Wildman–Crippen MR) is 78.0 cm³/mol. The number of H-pyrrole nitrogens is 1. The number of para-hydroxylation sites is 1. The maximum absolute atomic E-state index is 8.99. The second-order valence-corrected chi connectivity index (χ2v) is 4.74. The van der Waals surface area contributed by atoms with Crippen molar-refractivity contribution >= 4 is 32.6 Å². The Morgan fingerprint density at radius 1 is 0.789 bits per heavy atom. The summed E-state index contributed by atoms with van der Waals surface area (Å²) in [5.41, 5.74) is 2.98. The van der Waals surface area contributed by atoms with E-state index in [1.807, 2.05) is 30.3 Å². The normalized spacial score (nSPS) is 11.1. The van der Waals surface area contributed by atoms with Crippen molar-refractivity contribution in [2.24, 2.45) is 0 Å². The molecule has 0 radical (unpaired) electrons. The number of aromatic nitrogens is 1. The number of nitrogens with one attached hydrogen (secondary N) is 1. The van der Waals surface area contributed by atoms with Gasteiger partial charge in [-0.25, -0.2) is 0 Å². The SMILES string of the molecule is N#Cc1ccc2cc3[nH]c4ccccc4c3cc2c1. The number of aromatic amines is 1. The summed E-state index contributed by atoms with van der Waals surface area (Å²) in [6.45, 7) is 0. The fourth-order valence-electron chi connectivity index (χ4n) is 2.67. The molecule has 19 heavy (non-hydrogen) atoms. The summed E-state index contributed by atoms with van der Waals surface area (Å²) < 4.78 is 0. The molecule has 0 unspecified atom stereocenters. The molecule has 1 N–H and O–H groups in total. The van der Waals surface area contributed by atoms with E-state index in [2.05, 4.69) is 35.3 Å². The van der Waals surface area contributed by atoms with E-state index in [-0.39, 0.29) is 0 Å². The van der Waals surface area contributed by atoms with Crippen molar-refractivity contribution in [2.45, 2.75) is 0 Å². The predicted octanol–water partition coefficient (Wildman–Crippen LogP) is 4.35. The van der Waals surface area contributed by atoms with Crippen LogP contribution in [0.1, 0.15) is 5.56 Å². The lowest BCUT2D eigenvalue weighted by Crippen LogP contribution is -1.77. The van der Waals surface area contributed by atoms with E-state index >= 15 is 0 Å². The van der Waals surface area contributed by atoms with Gasteiger partial charge in [-0.15, -0.1) is 0 Å². The topological polar surface area (TPSA) is 39.6 Å². The summed E-state index contributed by atoms with van der Waals surface area (Å²) in [6.07, 6.45) is 0. The van der Waals surface area contributed by atoms with Crippen LogP contribution in [0.3, 0.4) is 0 Å². The van der Waals surface area contributed by atoms with Crippen LogP contribution in [0.15, 0.2) is 54.6 Å². The van der Waals surface area contributed by atoms with E-state index in [0.29, 0.717) is 5.56 Å². The molecule has 1 aromatic heterocycles. The van der Waals surface area contributed by atoms with Crippen molar-refractivity contribution in [3.8, 4) is 6.07 Å². The van der Waals surface area contributed by atoms with Crippen LogP contribution in [-0.4, -0.2) is 4.98 Å². The third-order valence-electron chi connectivity index (χ3n) is 3.59. The Hall–Kier alpha value is -2.79. The van der Waals surface area contributed by atoms with E-state index in [1.165, 1.54) is 10.8 Å². The number of nitriles is 1. The molecule has 1 heterocycles. The third-order valence-corrected chi connectivity index (χ3v) is 3.59. The van der Waals surface area contributed by atoms with Gasteiger partial charge in [-0.05, 0) is 41.1 Å². The molecular formula is C17H10N2. The van der Waals surface area contributed by atoms with Crippen molar-refractivity contribution in [2.75, 3.05) is 0 Å². The number of hydrogen-bond donors (Lipinski definition) is 1. The zero-order valence-electron chi connectivity index (χ0n) is 10.1. The molecular weight excluding hydrogens is 232 g/mol. The van der Waals surface area contributed by atoms with Gasteiger partial charge in [-0.2, -0.15) is 5.26 Å². The molecule has 3 aromatic carbocycles. The highest BCUT2D eigenvalue weighted by molar-refractivity contribution is 6.11.